The van der Waals surface area contributed by atoms with Crippen LogP contribution in [0.4, 0.5) is 0 Å². The van der Waals surface area contributed by atoms with Gasteiger partial charge < -0.3 is 4.74 Å². The summed E-state index contributed by atoms with van der Waals surface area (Å²) in [6.07, 6.45) is 0. The fourth-order valence-corrected chi connectivity index (χ4v) is 2.97. The first-order chi connectivity index (χ1) is 9.24. The van der Waals surface area contributed by atoms with Gasteiger partial charge in [0, 0.05) is 0 Å². The standard InChI is InChI=1S/C15H13NO2S/c1-18-14-4-2-3-5-15(14)19(17)11-13-8-6-12(10-16)7-9-13/h2-9H,11H2,1H3. The number of hydrogen-bond acceptors (Lipinski definition) is 3. The van der Waals surface area contributed by atoms with E-state index >= 15 is 0 Å². The molecule has 0 spiro atoms. The van der Waals surface area contributed by atoms with Gasteiger partial charge in [-0.1, -0.05) is 24.3 Å². The van der Waals surface area contributed by atoms with Crippen molar-refractivity contribution in [3.05, 3.63) is 59.7 Å². The monoisotopic (exact) mass is 271 g/mol. The zero-order valence-corrected chi connectivity index (χ0v) is 11.3. The number of para-hydroxylation sites is 1. The molecule has 0 saturated heterocycles. The number of rotatable bonds is 4. The van der Waals surface area contributed by atoms with Crippen LogP contribution < -0.4 is 4.74 Å². The zero-order chi connectivity index (χ0) is 13.7. The summed E-state index contributed by atoms with van der Waals surface area (Å²) >= 11 is 0. The Morgan fingerprint density at radius 2 is 1.84 bits per heavy atom. The molecule has 0 saturated carbocycles. The molecule has 96 valence electrons. The van der Waals surface area contributed by atoms with Gasteiger partial charge in [-0.2, -0.15) is 5.26 Å². The second kappa shape index (κ2) is 6.17. The minimum Gasteiger partial charge on any atom is -0.495 e. The van der Waals surface area contributed by atoms with Crippen LogP contribution in [0.3, 0.4) is 0 Å². The molecule has 19 heavy (non-hydrogen) atoms. The quantitative estimate of drug-likeness (QED) is 0.859. The first-order valence-corrected chi connectivity index (χ1v) is 7.07. The van der Waals surface area contributed by atoms with Crippen molar-refractivity contribution in [2.45, 2.75) is 10.6 Å². The average molecular weight is 271 g/mol. The molecular formula is C15H13NO2S. The number of nitrogens with zero attached hydrogens (tertiary/aromatic N) is 1. The Kier molecular flexibility index (Phi) is 4.32. The van der Waals surface area contributed by atoms with Gasteiger partial charge in [-0.15, -0.1) is 0 Å². The van der Waals surface area contributed by atoms with Gasteiger partial charge in [0.2, 0.25) is 0 Å². The van der Waals surface area contributed by atoms with Crippen molar-refractivity contribution >= 4 is 10.8 Å². The fourth-order valence-electron chi connectivity index (χ4n) is 1.71. The molecule has 2 rings (SSSR count). The van der Waals surface area contributed by atoms with E-state index in [1.54, 1.807) is 31.4 Å². The highest BCUT2D eigenvalue weighted by molar-refractivity contribution is 7.84. The summed E-state index contributed by atoms with van der Waals surface area (Å²) in [7, 11) is 0.405. The fraction of sp³-hybridized carbons (Fsp3) is 0.133. The molecule has 0 heterocycles. The third-order valence-corrected chi connectivity index (χ3v) is 4.12. The third-order valence-electron chi connectivity index (χ3n) is 2.70. The van der Waals surface area contributed by atoms with Crippen LogP contribution in [0.15, 0.2) is 53.4 Å². The second-order valence-electron chi connectivity index (χ2n) is 3.95. The lowest BCUT2D eigenvalue weighted by Crippen LogP contribution is -1.99. The lowest BCUT2D eigenvalue weighted by molar-refractivity contribution is 0.404. The normalized spacial score (nSPS) is 11.6. The Bertz CT molecular complexity index is 629. The van der Waals surface area contributed by atoms with Crippen molar-refractivity contribution in [1.29, 1.82) is 5.26 Å². The number of hydrogen-bond donors (Lipinski definition) is 0. The molecule has 2 aromatic rings. The Hall–Kier alpha value is -2.12. The average Bonchev–Trinajstić information content (AvgIpc) is 2.48. The number of methoxy groups -OCH3 is 1. The maximum atomic E-state index is 12.3. The summed E-state index contributed by atoms with van der Waals surface area (Å²) in [4.78, 5) is 0.689. The molecule has 3 nitrogen and oxygen atoms in total. The van der Waals surface area contributed by atoms with E-state index in [0.717, 1.165) is 5.56 Å². The second-order valence-corrected chi connectivity index (χ2v) is 5.37. The van der Waals surface area contributed by atoms with Gasteiger partial charge in [0.05, 0.1) is 40.2 Å². The van der Waals surface area contributed by atoms with Gasteiger partial charge in [0.25, 0.3) is 0 Å². The van der Waals surface area contributed by atoms with Crippen LogP contribution in [0.25, 0.3) is 0 Å². The molecule has 4 heteroatoms. The van der Waals surface area contributed by atoms with Crippen molar-refractivity contribution in [3.8, 4) is 11.8 Å². The Balaban J connectivity index is 2.18. The Labute approximate surface area is 114 Å². The number of nitriles is 1. The van der Waals surface area contributed by atoms with Crippen molar-refractivity contribution in [1.82, 2.24) is 0 Å². The van der Waals surface area contributed by atoms with E-state index < -0.39 is 10.8 Å². The molecule has 1 atom stereocenters. The molecule has 0 aliphatic heterocycles. The molecule has 0 radical (unpaired) electrons. The SMILES string of the molecule is COc1ccccc1S(=O)Cc1ccc(C#N)cc1. The van der Waals surface area contributed by atoms with Gasteiger partial charge in [-0.05, 0) is 29.8 Å². The summed E-state index contributed by atoms with van der Waals surface area (Å²) in [6.45, 7) is 0. The van der Waals surface area contributed by atoms with E-state index in [4.69, 9.17) is 10.00 Å². The first kappa shape index (κ1) is 13.3. The lowest BCUT2D eigenvalue weighted by atomic mass is 10.2. The molecule has 0 amide bonds. The van der Waals surface area contributed by atoms with E-state index in [9.17, 15) is 4.21 Å². The minimum absolute atomic E-state index is 0.409. The predicted octanol–water partition coefficient (Wildman–Crippen LogP) is 2.87. The van der Waals surface area contributed by atoms with Gasteiger partial charge in [0.15, 0.2) is 0 Å². The minimum atomic E-state index is -1.16. The zero-order valence-electron chi connectivity index (χ0n) is 10.5. The van der Waals surface area contributed by atoms with E-state index in [1.807, 2.05) is 24.3 Å². The summed E-state index contributed by atoms with van der Waals surface area (Å²) < 4.78 is 17.5. The van der Waals surface area contributed by atoms with E-state index in [0.29, 0.717) is 22.0 Å². The predicted molar refractivity (Wildman–Crippen MR) is 74.3 cm³/mol. The third kappa shape index (κ3) is 3.21. The maximum absolute atomic E-state index is 12.3. The van der Waals surface area contributed by atoms with Crippen LogP contribution in [-0.4, -0.2) is 11.3 Å². The van der Waals surface area contributed by atoms with E-state index in [1.165, 1.54) is 0 Å². The summed E-state index contributed by atoms with van der Waals surface area (Å²) in [5, 5.41) is 8.73. The van der Waals surface area contributed by atoms with Crippen LogP contribution >= 0.6 is 0 Å². The van der Waals surface area contributed by atoms with Gasteiger partial charge in [0.1, 0.15) is 5.75 Å². The Morgan fingerprint density at radius 3 is 2.47 bits per heavy atom. The van der Waals surface area contributed by atoms with Crippen molar-refractivity contribution in [2.75, 3.05) is 7.11 Å². The van der Waals surface area contributed by atoms with Crippen LogP contribution in [0.2, 0.25) is 0 Å². The highest BCUT2D eigenvalue weighted by Gasteiger charge is 2.10. The summed E-state index contributed by atoms with van der Waals surface area (Å²) in [5.41, 5.74) is 1.54. The number of ether oxygens (including phenoxy) is 1. The smallest absolute Gasteiger partial charge is 0.134 e. The maximum Gasteiger partial charge on any atom is 0.134 e. The highest BCUT2D eigenvalue weighted by atomic mass is 32.2. The topological polar surface area (TPSA) is 50.1 Å². The molecular weight excluding hydrogens is 258 g/mol. The molecule has 0 N–H and O–H groups in total. The molecule has 0 aromatic heterocycles. The van der Waals surface area contributed by atoms with Crippen molar-refractivity contribution < 1.29 is 8.95 Å². The molecule has 0 bridgehead atoms. The highest BCUT2D eigenvalue weighted by Crippen LogP contribution is 2.23. The van der Waals surface area contributed by atoms with Gasteiger partial charge in [-0.25, -0.2) is 0 Å². The van der Waals surface area contributed by atoms with Gasteiger partial charge >= 0.3 is 0 Å². The van der Waals surface area contributed by atoms with Crippen molar-refractivity contribution in [2.24, 2.45) is 0 Å². The van der Waals surface area contributed by atoms with E-state index in [-0.39, 0.29) is 0 Å². The summed E-state index contributed by atoms with van der Waals surface area (Å²) in [5.74, 6) is 1.04. The molecule has 1 unspecified atom stereocenters. The molecule has 2 aromatic carbocycles. The van der Waals surface area contributed by atoms with Crippen LogP contribution in [0.5, 0.6) is 5.75 Å². The first-order valence-electron chi connectivity index (χ1n) is 5.75. The van der Waals surface area contributed by atoms with Gasteiger partial charge in [-0.3, -0.25) is 4.21 Å². The summed E-state index contributed by atoms with van der Waals surface area (Å²) in [6, 6.07) is 16.5. The van der Waals surface area contributed by atoms with Crippen LogP contribution in [-0.2, 0) is 16.6 Å². The lowest BCUT2D eigenvalue weighted by Gasteiger charge is -2.08. The van der Waals surface area contributed by atoms with Crippen LogP contribution in [0, 0.1) is 11.3 Å². The van der Waals surface area contributed by atoms with Crippen LogP contribution in [0.1, 0.15) is 11.1 Å². The number of benzene rings is 2. The van der Waals surface area contributed by atoms with E-state index in [2.05, 4.69) is 6.07 Å². The van der Waals surface area contributed by atoms with Crippen molar-refractivity contribution in [3.63, 3.8) is 0 Å². The Morgan fingerprint density at radius 1 is 1.16 bits per heavy atom. The molecule has 0 fully saturated rings. The largest absolute Gasteiger partial charge is 0.495 e. The molecule has 0 aliphatic rings. The molecule has 0 aliphatic carbocycles.